The number of carbonyl (C=O) groups is 1. The van der Waals surface area contributed by atoms with Crippen LogP contribution < -0.4 is 15.6 Å². The summed E-state index contributed by atoms with van der Waals surface area (Å²) in [5, 5.41) is 13.0. The third kappa shape index (κ3) is 4.43. The molecule has 1 amide bonds. The van der Waals surface area contributed by atoms with Gasteiger partial charge in [0.25, 0.3) is 5.91 Å². The third-order valence-electron chi connectivity index (χ3n) is 4.26. The van der Waals surface area contributed by atoms with E-state index in [4.69, 9.17) is 16.3 Å². The fourth-order valence-electron chi connectivity index (χ4n) is 2.78. The molecule has 2 heterocycles. The second kappa shape index (κ2) is 9.12. The molecule has 160 valence electrons. The van der Waals surface area contributed by atoms with Crippen LogP contribution >= 0.6 is 27.5 Å². The Labute approximate surface area is 193 Å². The maximum absolute atomic E-state index is 12.3. The summed E-state index contributed by atoms with van der Waals surface area (Å²) >= 11 is 9.25. The molecule has 10 nitrogen and oxygen atoms in total. The summed E-state index contributed by atoms with van der Waals surface area (Å²) in [5.41, 5.74) is 5.03. The topological polar surface area (TPSA) is 132 Å². The quantitative estimate of drug-likeness (QED) is 0.274. The zero-order valence-electron chi connectivity index (χ0n) is 16.0. The lowest BCUT2D eigenvalue weighted by molar-refractivity contribution is -0.385. The summed E-state index contributed by atoms with van der Waals surface area (Å²) in [5.74, 6) is -0.846. The van der Waals surface area contributed by atoms with E-state index in [2.05, 4.69) is 41.7 Å². The van der Waals surface area contributed by atoms with E-state index in [1.807, 2.05) is 6.07 Å². The Kier molecular flexibility index (Phi) is 6.10. The Bertz CT molecular complexity index is 1340. The van der Waals surface area contributed by atoms with Gasteiger partial charge >= 0.3 is 11.6 Å². The number of rotatable bonds is 6. The molecule has 0 aliphatic carbocycles. The van der Waals surface area contributed by atoms with Gasteiger partial charge in [0.15, 0.2) is 5.75 Å². The van der Waals surface area contributed by atoms with Crippen LogP contribution in [0, 0.1) is 10.1 Å². The van der Waals surface area contributed by atoms with Gasteiger partial charge in [0.2, 0.25) is 5.82 Å². The van der Waals surface area contributed by atoms with E-state index in [0.717, 1.165) is 16.2 Å². The van der Waals surface area contributed by atoms with E-state index >= 15 is 0 Å². The van der Waals surface area contributed by atoms with E-state index in [9.17, 15) is 14.9 Å². The number of hydrazine groups is 1. The molecular formula is C20H12BrClN6O4. The van der Waals surface area contributed by atoms with Crippen LogP contribution in [-0.2, 0) is 0 Å². The molecule has 0 saturated heterocycles. The first-order valence-corrected chi connectivity index (χ1v) is 10.1. The summed E-state index contributed by atoms with van der Waals surface area (Å²) < 4.78 is 6.53. The number of nitro groups is 1. The number of nitrogens with one attached hydrogen (secondary N) is 2. The molecule has 4 aromatic rings. The molecule has 2 N–H and O–H groups in total. The number of fused-ring (bicyclic) bond motifs is 1. The molecule has 2 aromatic heterocycles. The molecule has 0 aliphatic rings. The lowest BCUT2D eigenvalue weighted by Crippen LogP contribution is -2.30. The summed E-state index contributed by atoms with van der Waals surface area (Å²) in [7, 11) is 0. The van der Waals surface area contributed by atoms with Crippen molar-refractivity contribution in [2.75, 3.05) is 5.43 Å². The van der Waals surface area contributed by atoms with Gasteiger partial charge in [-0.15, -0.1) is 0 Å². The average molecular weight is 516 g/mol. The Hall–Kier alpha value is -3.83. The van der Waals surface area contributed by atoms with Gasteiger partial charge in [-0.1, -0.05) is 33.6 Å². The standard InChI is InChI=1S/C20H12BrClN6O4/c21-14-7-8-15(16-13(14)2-1-9-23-16)32-20-17(28(30)31)18(24-10-25-20)26-27-19(29)11-3-5-12(22)6-4-11/h1-10H,(H,27,29)(H,24,25,26). The fourth-order valence-corrected chi connectivity index (χ4v) is 3.36. The number of nitrogens with zero attached hydrogens (tertiary/aromatic N) is 4. The van der Waals surface area contributed by atoms with Crippen molar-refractivity contribution in [2.45, 2.75) is 0 Å². The molecule has 2 aromatic carbocycles. The number of ether oxygens (including phenoxy) is 1. The molecular weight excluding hydrogens is 504 g/mol. The van der Waals surface area contributed by atoms with Gasteiger partial charge in [0.1, 0.15) is 11.8 Å². The molecule has 0 saturated carbocycles. The summed E-state index contributed by atoms with van der Waals surface area (Å²) in [6, 6.07) is 13.0. The van der Waals surface area contributed by atoms with E-state index < -0.39 is 16.5 Å². The Morgan fingerprint density at radius 2 is 1.88 bits per heavy atom. The molecule has 0 unspecified atom stereocenters. The molecule has 32 heavy (non-hydrogen) atoms. The number of hydrogen-bond donors (Lipinski definition) is 2. The zero-order valence-corrected chi connectivity index (χ0v) is 18.3. The maximum atomic E-state index is 12.3. The highest BCUT2D eigenvalue weighted by molar-refractivity contribution is 9.10. The number of anilines is 1. The second-order valence-electron chi connectivity index (χ2n) is 6.27. The minimum atomic E-state index is -0.708. The maximum Gasteiger partial charge on any atom is 0.374 e. The minimum Gasteiger partial charge on any atom is -0.431 e. The molecule has 0 atom stereocenters. The summed E-state index contributed by atoms with van der Waals surface area (Å²) in [6.45, 7) is 0. The van der Waals surface area contributed by atoms with Gasteiger partial charge in [0.05, 0.1) is 4.92 Å². The monoisotopic (exact) mass is 514 g/mol. The largest absolute Gasteiger partial charge is 0.431 e. The molecule has 4 rings (SSSR count). The number of aromatic nitrogens is 3. The van der Waals surface area contributed by atoms with Crippen LogP contribution in [0.4, 0.5) is 11.5 Å². The van der Waals surface area contributed by atoms with Gasteiger partial charge in [0, 0.05) is 26.6 Å². The van der Waals surface area contributed by atoms with Crippen molar-refractivity contribution in [2.24, 2.45) is 0 Å². The van der Waals surface area contributed by atoms with Gasteiger partial charge in [-0.2, -0.15) is 4.98 Å². The molecule has 0 aliphatic heterocycles. The highest BCUT2D eigenvalue weighted by atomic mass is 79.9. The number of hydrogen-bond acceptors (Lipinski definition) is 8. The van der Waals surface area contributed by atoms with Crippen LogP contribution in [0.2, 0.25) is 5.02 Å². The van der Waals surface area contributed by atoms with Gasteiger partial charge in [-0.3, -0.25) is 30.7 Å². The predicted octanol–water partition coefficient (Wildman–Crippen LogP) is 4.90. The number of amides is 1. The van der Waals surface area contributed by atoms with E-state index in [1.165, 1.54) is 12.1 Å². The normalized spacial score (nSPS) is 10.6. The number of pyridine rings is 1. The number of benzene rings is 2. The van der Waals surface area contributed by atoms with Crippen molar-refractivity contribution < 1.29 is 14.5 Å². The molecule has 0 radical (unpaired) electrons. The van der Waals surface area contributed by atoms with Gasteiger partial charge < -0.3 is 4.74 Å². The van der Waals surface area contributed by atoms with Gasteiger partial charge in [-0.05, 0) is 42.5 Å². The number of carbonyl (C=O) groups excluding carboxylic acids is 1. The highest BCUT2D eigenvalue weighted by Gasteiger charge is 2.26. The average Bonchev–Trinajstić information content (AvgIpc) is 2.80. The van der Waals surface area contributed by atoms with Crippen LogP contribution in [0.5, 0.6) is 11.6 Å². The lowest BCUT2D eigenvalue weighted by Gasteiger charge is -2.11. The SMILES string of the molecule is O=C(NNc1ncnc(Oc2ccc(Br)c3cccnc23)c1[N+](=O)[O-])c1ccc(Cl)cc1. The first kappa shape index (κ1) is 21.4. The summed E-state index contributed by atoms with van der Waals surface area (Å²) in [6.07, 6.45) is 2.66. The predicted molar refractivity (Wildman–Crippen MR) is 121 cm³/mol. The second-order valence-corrected chi connectivity index (χ2v) is 7.56. The van der Waals surface area contributed by atoms with Crippen molar-refractivity contribution in [1.82, 2.24) is 20.4 Å². The van der Waals surface area contributed by atoms with Crippen LogP contribution in [0.15, 0.2) is 65.5 Å². The van der Waals surface area contributed by atoms with Crippen molar-refractivity contribution in [3.8, 4) is 11.6 Å². The minimum absolute atomic E-state index is 0.253. The molecule has 0 fully saturated rings. The first-order valence-electron chi connectivity index (χ1n) is 8.96. The molecule has 12 heteroatoms. The smallest absolute Gasteiger partial charge is 0.374 e. The summed E-state index contributed by atoms with van der Waals surface area (Å²) in [4.78, 5) is 35.4. The molecule has 0 spiro atoms. The van der Waals surface area contributed by atoms with Crippen molar-refractivity contribution in [3.63, 3.8) is 0 Å². The Morgan fingerprint density at radius 3 is 2.62 bits per heavy atom. The van der Waals surface area contributed by atoms with Crippen molar-refractivity contribution in [3.05, 3.63) is 86.2 Å². The van der Waals surface area contributed by atoms with E-state index in [1.54, 1.807) is 36.5 Å². The first-order chi connectivity index (χ1) is 15.4. The van der Waals surface area contributed by atoms with Crippen LogP contribution in [0.1, 0.15) is 10.4 Å². The lowest BCUT2D eigenvalue weighted by atomic mass is 10.2. The van der Waals surface area contributed by atoms with Crippen molar-refractivity contribution in [1.29, 1.82) is 0 Å². The third-order valence-corrected chi connectivity index (χ3v) is 5.20. The van der Waals surface area contributed by atoms with Crippen molar-refractivity contribution >= 4 is 55.8 Å². The number of halogens is 2. The zero-order chi connectivity index (χ0) is 22.7. The Morgan fingerprint density at radius 1 is 1.09 bits per heavy atom. The highest BCUT2D eigenvalue weighted by Crippen LogP contribution is 2.37. The van der Waals surface area contributed by atoms with Crippen LogP contribution in [-0.4, -0.2) is 25.8 Å². The Balaban J connectivity index is 1.63. The fraction of sp³-hybridized carbons (Fsp3) is 0. The van der Waals surface area contributed by atoms with Gasteiger partial charge in [-0.25, -0.2) is 4.98 Å². The molecule has 0 bridgehead atoms. The van der Waals surface area contributed by atoms with E-state index in [-0.39, 0.29) is 17.4 Å². The van der Waals surface area contributed by atoms with Crippen LogP contribution in [0.25, 0.3) is 10.9 Å². The van der Waals surface area contributed by atoms with E-state index in [0.29, 0.717) is 16.1 Å². The van der Waals surface area contributed by atoms with Crippen LogP contribution in [0.3, 0.4) is 0 Å².